The molecule has 130 valence electrons. The molecule has 9 nitrogen and oxygen atoms in total. The quantitative estimate of drug-likeness (QED) is 0.645. The summed E-state index contributed by atoms with van der Waals surface area (Å²) in [5, 5.41) is 2.66. The van der Waals surface area contributed by atoms with E-state index in [9.17, 15) is 4.79 Å². The van der Waals surface area contributed by atoms with Crippen LogP contribution in [0.5, 0.6) is 0 Å². The third-order valence-corrected chi connectivity index (χ3v) is 4.73. The normalized spacial score (nSPS) is 47.0. The minimum Gasteiger partial charge on any atom is -0.346 e. The Balaban J connectivity index is 1.53. The number of hydrogen-bond donors (Lipinski definition) is 1. The molecule has 0 aromatic heterocycles. The molecule has 1 spiro atoms. The third-order valence-electron chi connectivity index (χ3n) is 4.73. The standard InChI is InChI=1S/C15H19N3O6/c1-7(19)16-9-4-5-18-13-12-11(23-14(2,3)24-12)10(21-13)8-6-20-15(18,17-9)22-8/h4-5,8,10-13H,6H2,1-3H3,(H,16,17,19)/t8?,10-,11-,12-,13-,15?/m1/s1. The van der Waals surface area contributed by atoms with Crippen molar-refractivity contribution in [2.24, 2.45) is 4.99 Å². The summed E-state index contributed by atoms with van der Waals surface area (Å²) < 4.78 is 30.2. The molecular weight excluding hydrogens is 318 g/mol. The van der Waals surface area contributed by atoms with Gasteiger partial charge in [0.2, 0.25) is 5.91 Å². The van der Waals surface area contributed by atoms with Gasteiger partial charge in [0.1, 0.15) is 30.3 Å². The van der Waals surface area contributed by atoms with E-state index in [1.165, 1.54) is 6.92 Å². The monoisotopic (exact) mass is 337 g/mol. The molecule has 0 radical (unpaired) electrons. The lowest BCUT2D eigenvalue weighted by atomic mass is 10.1. The first kappa shape index (κ1) is 14.8. The Morgan fingerprint density at radius 3 is 2.88 bits per heavy atom. The molecule has 0 saturated carbocycles. The van der Waals surface area contributed by atoms with E-state index >= 15 is 0 Å². The second-order valence-electron chi connectivity index (χ2n) is 6.97. The van der Waals surface area contributed by atoms with E-state index in [0.717, 1.165) is 0 Å². The van der Waals surface area contributed by atoms with Crippen molar-refractivity contribution in [1.82, 2.24) is 10.2 Å². The third kappa shape index (κ3) is 1.93. The predicted octanol–water partition coefficient (Wildman–Crippen LogP) is -0.364. The molecule has 4 saturated heterocycles. The van der Waals surface area contributed by atoms with Gasteiger partial charge < -0.3 is 29.0 Å². The van der Waals surface area contributed by atoms with Crippen molar-refractivity contribution in [2.75, 3.05) is 6.61 Å². The van der Waals surface area contributed by atoms with Crippen molar-refractivity contribution in [3.8, 4) is 0 Å². The SMILES string of the molecule is CC(=O)NC1=NC23OCC(O2)[C@H]2O[C@H]([C@@H]4OC(C)(C)O[C@@H]42)N3C=C1. The van der Waals surface area contributed by atoms with Gasteiger partial charge in [-0.3, -0.25) is 9.69 Å². The largest absolute Gasteiger partial charge is 0.365 e. The summed E-state index contributed by atoms with van der Waals surface area (Å²) in [6.45, 7) is 5.53. The number of ether oxygens (including phenoxy) is 5. The average Bonchev–Trinajstić information content (AvgIpc) is 3.07. The van der Waals surface area contributed by atoms with E-state index in [0.29, 0.717) is 12.4 Å². The van der Waals surface area contributed by atoms with Gasteiger partial charge in [0.25, 0.3) is 0 Å². The van der Waals surface area contributed by atoms with Crippen molar-refractivity contribution in [3.63, 3.8) is 0 Å². The number of hydrogen-bond acceptors (Lipinski definition) is 8. The molecule has 1 amide bonds. The molecule has 5 heterocycles. The topological polar surface area (TPSA) is 90.9 Å². The lowest BCUT2D eigenvalue weighted by Crippen LogP contribution is -2.57. The molecule has 5 rings (SSSR count). The number of nitrogens with zero attached hydrogens (tertiary/aromatic N) is 2. The van der Waals surface area contributed by atoms with Gasteiger partial charge in [-0.1, -0.05) is 0 Å². The van der Waals surface area contributed by atoms with Crippen molar-refractivity contribution in [2.45, 2.75) is 63.2 Å². The average molecular weight is 337 g/mol. The van der Waals surface area contributed by atoms with E-state index in [2.05, 4.69) is 10.3 Å². The van der Waals surface area contributed by atoms with Gasteiger partial charge in [-0.05, 0) is 19.9 Å². The molecule has 4 bridgehead atoms. The highest BCUT2D eigenvalue weighted by Gasteiger charge is 2.67. The molecule has 5 aliphatic heterocycles. The molecule has 24 heavy (non-hydrogen) atoms. The number of nitrogens with one attached hydrogen (secondary N) is 1. The van der Waals surface area contributed by atoms with Crippen LogP contribution in [0.3, 0.4) is 0 Å². The summed E-state index contributed by atoms with van der Waals surface area (Å²) >= 11 is 0. The number of amidine groups is 1. The second-order valence-corrected chi connectivity index (χ2v) is 6.97. The minimum absolute atomic E-state index is 0.210. The number of aliphatic imine (C=N–C) groups is 1. The van der Waals surface area contributed by atoms with Crippen molar-refractivity contribution in [1.29, 1.82) is 0 Å². The highest BCUT2D eigenvalue weighted by atomic mass is 16.8. The molecule has 9 heteroatoms. The zero-order chi connectivity index (χ0) is 16.7. The maximum absolute atomic E-state index is 11.3. The van der Waals surface area contributed by atoms with Gasteiger partial charge in [0, 0.05) is 13.1 Å². The van der Waals surface area contributed by atoms with Crippen LogP contribution in [0.4, 0.5) is 0 Å². The van der Waals surface area contributed by atoms with E-state index < -0.39 is 18.0 Å². The van der Waals surface area contributed by atoms with Crippen LogP contribution in [-0.4, -0.2) is 65.7 Å². The molecule has 4 fully saturated rings. The highest BCUT2D eigenvalue weighted by molar-refractivity contribution is 6.04. The second kappa shape index (κ2) is 4.55. The fraction of sp³-hybridized carbons (Fsp3) is 0.733. The Labute approximate surface area is 138 Å². The van der Waals surface area contributed by atoms with Crippen LogP contribution in [0.25, 0.3) is 0 Å². The van der Waals surface area contributed by atoms with E-state index in [1.807, 2.05) is 13.8 Å². The van der Waals surface area contributed by atoms with Gasteiger partial charge in [-0.2, -0.15) is 4.99 Å². The van der Waals surface area contributed by atoms with Crippen LogP contribution in [0.1, 0.15) is 20.8 Å². The summed E-state index contributed by atoms with van der Waals surface area (Å²) in [5.41, 5.74) is 0. The first-order valence-corrected chi connectivity index (χ1v) is 8.04. The zero-order valence-electron chi connectivity index (χ0n) is 13.6. The van der Waals surface area contributed by atoms with Crippen LogP contribution >= 0.6 is 0 Å². The van der Waals surface area contributed by atoms with E-state index in [-0.39, 0.29) is 30.3 Å². The van der Waals surface area contributed by atoms with Crippen LogP contribution < -0.4 is 5.32 Å². The highest BCUT2D eigenvalue weighted by Crippen LogP contribution is 2.49. The molecule has 1 N–H and O–H groups in total. The Morgan fingerprint density at radius 1 is 1.29 bits per heavy atom. The lowest BCUT2D eigenvalue weighted by molar-refractivity contribution is -0.276. The number of carbonyl (C=O) groups excluding carboxylic acids is 1. The van der Waals surface area contributed by atoms with Gasteiger partial charge >= 0.3 is 6.03 Å². The Bertz CT molecular complexity index is 664. The molecule has 0 aromatic carbocycles. The summed E-state index contributed by atoms with van der Waals surface area (Å²) in [7, 11) is 0. The molecular formula is C15H19N3O6. The Hall–Kier alpha value is -1.52. The van der Waals surface area contributed by atoms with Crippen LogP contribution in [0.15, 0.2) is 17.3 Å². The van der Waals surface area contributed by atoms with Crippen LogP contribution in [0, 0.1) is 0 Å². The number of rotatable bonds is 0. The molecule has 6 atom stereocenters. The van der Waals surface area contributed by atoms with Crippen LogP contribution in [0.2, 0.25) is 0 Å². The van der Waals surface area contributed by atoms with Crippen molar-refractivity contribution in [3.05, 3.63) is 12.3 Å². The fourth-order valence-electron chi connectivity index (χ4n) is 3.93. The Kier molecular flexibility index (Phi) is 2.81. The summed E-state index contributed by atoms with van der Waals surface area (Å²) in [4.78, 5) is 17.5. The fourth-order valence-corrected chi connectivity index (χ4v) is 3.93. The zero-order valence-corrected chi connectivity index (χ0v) is 13.6. The van der Waals surface area contributed by atoms with Crippen LogP contribution in [-0.2, 0) is 28.5 Å². The number of fused-ring (bicyclic) bond motifs is 8. The first-order chi connectivity index (χ1) is 11.4. The molecule has 0 aliphatic carbocycles. The Morgan fingerprint density at radius 2 is 2.08 bits per heavy atom. The number of carbonyl (C=O) groups is 1. The van der Waals surface area contributed by atoms with Gasteiger partial charge in [0.05, 0.1) is 6.61 Å². The summed E-state index contributed by atoms with van der Waals surface area (Å²) in [6, 6.07) is -1.34. The summed E-state index contributed by atoms with van der Waals surface area (Å²) in [5.74, 6) is -0.492. The maximum atomic E-state index is 11.3. The van der Waals surface area contributed by atoms with Gasteiger partial charge in [-0.25, -0.2) is 0 Å². The minimum atomic E-state index is -1.34. The van der Waals surface area contributed by atoms with Crippen molar-refractivity contribution >= 4 is 11.7 Å². The van der Waals surface area contributed by atoms with Crippen molar-refractivity contribution < 1.29 is 28.5 Å². The van der Waals surface area contributed by atoms with E-state index in [1.54, 1.807) is 17.2 Å². The molecule has 2 unspecified atom stereocenters. The predicted molar refractivity (Wildman–Crippen MR) is 78.3 cm³/mol. The molecule has 5 aliphatic rings. The molecule has 0 aromatic rings. The van der Waals surface area contributed by atoms with Gasteiger partial charge in [-0.15, -0.1) is 0 Å². The van der Waals surface area contributed by atoms with Gasteiger partial charge in [0.15, 0.2) is 12.0 Å². The number of amides is 1. The smallest absolute Gasteiger partial charge is 0.346 e. The first-order valence-electron chi connectivity index (χ1n) is 8.04. The lowest BCUT2D eigenvalue weighted by Gasteiger charge is -2.40. The maximum Gasteiger partial charge on any atom is 0.365 e. The summed E-state index contributed by atoms with van der Waals surface area (Å²) in [6.07, 6.45) is 1.91. The van der Waals surface area contributed by atoms with E-state index in [4.69, 9.17) is 23.7 Å².